The van der Waals surface area contributed by atoms with Crippen molar-refractivity contribution in [3.8, 4) is 11.1 Å². The zero-order valence-electron chi connectivity index (χ0n) is 18.1. The van der Waals surface area contributed by atoms with Crippen LogP contribution in [0.3, 0.4) is 0 Å². The zero-order chi connectivity index (χ0) is 25.1. The quantitative estimate of drug-likeness (QED) is 0.367. The topological polar surface area (TPSA) is 125 Å². The van der Waals surface area contributed by atoms with Crippen LogP contribution in [0.2, 0.25) is 10.0 Å². The van der Waals surface area contributed by atoms with E-state index in [0.717, 1.165) is 22.3 Å². The number of carboxylic acid groups (broad SMARTS) is 1. The highest BCUT2D eigenvalue weighted by molar-refractivity contribution is 6.40. The smallest absolute Gasteiger partial charge is 0.411 e. The third-order valence-electron chi connectivity index (χ3n) is 5.66. The molecule has 1 unspecified atom stereocenters. The van der Waals surface area contributed by atoms with Crippen molar-refractivity contribution in [3.05, 3.63) is 87.4 Å². The van der Waals surface area contributed by atoms with E-state index in [4.69, 9.17) is 38.2 Å². The van der Waals surface area contributed by atoms with Gasteiger partial charge < -0.3 is 20.3 Å². The molecule has 0 fully saturated rings. The summed E-state index contributed by atoms with van der Waals surface area (Å²) in [6.07, 6.45) is -0.779. The van der Waals surface area contributed by atoms with Gasteiger partial charge in [-0.2, -0.15) is 0 Å². The van der Waals surface area contributed by atoms with Gasteiger partial charge >= 0.3 is 12.1 Å². The highest BCUT2D eigenvalue weighted by Gasteiger charge is 2.29. The van der Waals surface area contributed by atoms with E-state index in [9.17, 15) is 14.4 Å². The Bertz CT molecular complexity index is 1240. The average Bonchev–Trinajstić information content (AvgIpc) is 3.16. The van der Waals surface area contributed by atoms with E-state index in [2.05, 4.69) is 10.6 Å². The Morgan fingerprint density at radius 2 is 1.49 bits per heavy atom. The lowest BCUT2D eigenvalue weighted by Crippen LogP contribution is -2.43. The van der Waals surface area contributed by atoms with Gasteiger partial charge in [0.2, 0.25) is 0 Å². The van der Waals surface area contributed by atoms with Gasteiger partial charge in [0.15, 0.2) is 6.04 Å². The number of benzene rings is 3. The molecule has 3 aromatic carbocycles. The molecule has 1 aliphatic rings. The van der Waals surface area contributed by atoms with Crippen LogP contribution in [0.5, 0.6) is 0 Å². The molecule has 0 aromatic heterocycles. The van der Waals surface area contributed by atoms with Gasteiger partial charge in [-0.15, -0.1) is 0 Å². The van der Waals surface area contributed by atoms with Gasteiger partial charge in [-0.3, -0.25) is 10.1 Å². The average molecular weight is 515 g/mol. The summed E-state index contributed by atoms with van der Waals surface area (Å²) in [5.74, 6) is -2.33. The van der Waals surface area contributed by atoms with Crippen molar-refractivity contribution in [3.63, 3.8) is 0 Å². The zero-order valence-corrected chi connectivity index (χ0v) is 19.6. The molecule has 10 heteroatoms. The number of amides is 2. The minimum atomic E-state index is -1.49. The van der Waals surface area contributed by atoms with Crippen LogP contribution in [0.1, 0.15) is 27.4 Å². The highest BCUT2D eigenvalue weighted by atomic mass is 35.5. The number of nitrogens with one attached hydrogen (secondary N) is 2. The first-order valence-corrected chi connectivity index (χ1v) is 11.3. The molecule has 1 aliphatic carbocycles. The Hall–Kier alpha value is -3.59. The summed E-state index contributed by atoms with van der Waals surface area (Å²) in [6, 6.07) is 16.8. The number of carbonyl (C=O) groups excluding carboxylic acids is 2. The molecule has 4 N–H and O–H groups in total. The molecule has 0 radical (unpaired) electrons. The number of aliphatic carboxylic acids is 1. The molecule has 0 spiro atoms. The molecule has 2 amide bonds. The van der Waals surface area contributed by atoms with Gasteiger partial charge in [-0.1, -0.05) is 71.7 Å². The lowest BCUT2D eigenvalue weighted by Gasteiger charge is -2.16. The van der Waals surface area contributed by atoms with Crippen molar-refractivity contribution in [2.24, 2.45) is 0 Å². The normalized spacial score (nSPS) is 12.9. The van der Waals surface area contributed by atoms with Gasteiger partial charge in [-0.25, -0.2) is 9.59 Å². The number of carboxylic acids is 1. The first kappa shape index (κ1) is 24.5. The van der Waals surface area contributed by atoms with E-state index in [1.807, 2.05) is 48.5 Å². The van der Waals surface area contributed by atoms with Crippen LogP contribution in [-0.4, -0.2) is 47.4 Å². The summed E-state index contributed by atoms with van der Waals surface area (Å²) >= 11 is 12.4. The molecule has 0 saturated heterocycles. The number of hydrogen-bond acceptors (Lipinski definition) is 5. The van der Waals surface area contributed by atoms with Crippen molar-refractivity contribution >= 4 is 46.9 Å². The number of fused-ring (bicyclic) bond motifs is 3. The molecule has 180 valence electrons. The van der Waals surface area contributed by atoms with E-state index in [1.54, 1.807) is 0 Å². The number of rotatable bonds is 7. The van der Waals surface area contributed by atoms with Crippen LogP contribution in [0.4, 0.5) is 10.5 Å². The fourth-order valence-corrected chi connectivity index (χ4v) is 4.57. The van der Waals surface area contributed by atoms with Gasteiger partial charge in [0.05, 0.1) is 22.3 Å². The van der Waals surface area contributed by atoms with E-state index in [0.29, 0.717) is 0 Å². The third-order valence-corrected chi connectivity index (χ3v) is 6.26. The predicted molar refractivity (Wildman–Crippen MR) is 131 cm³/mol. The Morgan fingerprint density at radius 1 is 0.943 bits per heavy atom. The number of aliphatic hydroxyl groups is 1. The standard InChI is InChI=1S/C25H20Cl2N2O6/c26-19-9-13(23(31)28-21(11-30)24(32)33)10-20(27)22(19)29-25(34)35-12-18-16-7-3-1-5-14(16)15-6-2-4-8-17(15)18/h1-10,18,21,30H,11-12H2,(H,28,31)(H,29,34)(H,32,33). The van der Waals surface area contributed by atoms with Gasteiger partial charge in [0.25, 0.3) is 5.91 Å². The van der Waals surface area contributed by atoms with E-state index >= 15 is 0 Å². The molecule has 4 rings (SSSR count). The van der Waals surface area contributed by atoms with Crippen LogP contribution in [-0.2, 0) is 9.53 Å². The second kappa shape index (κ2) is 10.4. The predicted octanol–water partition coefficient (Wildman–Crippen LogP) is 4.53. The summed E-state index contributed by atoms with van der Waals surface area (Å²) < 4.78 is 5.49. The molecule has 1 atom stereocenters. The number of hydrogen-bond donors (Lipinski definition) is 4. The molecule has 8 nitrogen and oxygen atoms in total. The second-order valence-electron chi connectivity index (χ2n) is 7.81. The lowest BCUT2D eigenvalue weighted by molar-refractivity contribution is -0.140. The number of anilines is 1. The Kier molecular flexibility index (Phi) is 7.25. The summed E-state index contributed by atoms with van der Waals surface area (Å²) in [5.41, 5.74) is 4.33. The van der Waals surface area contributed by atoms with Gasteiger partial charge in [-0.05, 0) is 34.4 Å². The van der Waals surface area contributed by atoms with Gasteiger partial charge in [0, 0.05) is 11.5 Å². The molecule has 3 aromatic rings. The molecule has 0 bridgehead atoms. The maximum absolute atomic E-state index is 12.6. The fourth-order valence-electron chi connectivity index (χ4n) is 3.99. The molecular formula is C25H20Cl2N2O6. The van der Waals surface area contributed by atoms with Crippen molar-refractivity contribution in [1.29, 1.82) is 0 Å². The van der Waals surface area contributed by atoms with E-state index in [1.165, 1.54) is 12.1 Å². The fraction of sp³-hybridized carbons (Fsp3) is 0.160. The van der Waals surface area contributed by atoms with Crippen LogP contribution >= 0.6 is 23.2 Å². The Balaban J connectivity index is 1.44. The van der Waals surface area contributed by atoms with Crippen molar-refractivity contribution in [2.75, 3.05) is 18.5 Å². The maximum Gasteiger partial charge on any atom is 0.411 e. The molecular weight excluding hydrogens is 495 g/mol. The maximum atomic E-state index is 12.6. The minimum Gasteiger partial charge on any atom is -0.480 e. The first-order valence-electron chi connectivity index (χ1n) is 10.6. The number of halogens is 2. The summed E-state index contributed by atoms with van der Waals surface area (Å²) in [5, 5.41) is 22.6. The second-order valence-corrected chi connectivity index (χ2v) is 8.63. The van der Waals surface area contributed by atoms with Crippen molar-refractivity contribution in [2.45, 2.75) is 12.0 Å². The summed E-state index contributed by atoms with van der Waals surface area (Å²) in [4.78, 5) is 35.9. The first-order chi connectivity index (χ1) is 16.8. The third kappa shape index (κ3) is 5.09. The summed E-state index contributed by atoms with van der Waals surface area (Å²) in [7, 11) is 0. The molecule has 35 heavy (non-hydrogen) atoms. The number of ether oxygens (including phenoxy) is 1. The van der Waals surface area contributed by atoms with Crippen molar-refractivity contribution in [1.82, 2.24) is 5.32 Å². The van der Waals surface area contributed by atoms with Crippen molar-refractivity contribution < 1.29 is 29.3 Å². The van der Waals surface area contributed by atoms with Gasteiger partial charge in [0.1, 0.15) is 6.61 Å². The SMILES string of the molecule is O=C(Nc1c(Cl)cc(C(=O)NC(CO)C(=O)O)cc1Cl)OCC1c2ccccc2-c2ccccc21. The molecule has 0 saturated carbocycles. The van der Waals surface area contributed by atoms with E-state index in [-0.39, 0.29) is 33.8 Å². The Morgan fingerprint density at radius 3 is 2.00 bits per heavy atom. The number of carbonyl (C=O) groups is 3. The minimum absolute atomic E-state index is 0.0408. The van der Waals surface area contributed by atoms with Crippen LogP contribution in [0.15, 0.2) is 60.7 Å². The molecule has 0 heterocycles. The lowest BCUT2D eigenvalue weighted by atomic mass is 9.98. The summed E-state index contributed by atoms with van der Waals surface area (Å²) in [6.45, 7) is -0.697. The van der Waals surface area contributed by atoms with Crippen LogP contribution < -0.4 is 10.6 Å². The van der Waals surface area contributed by atoms with Crippen LogP contribution in [0.25, 0.3) is 11.1 Å². The Labute approximate surface area is 210 Å². The monoisotopic (exact) mass is 514 g/mol. The van der Waals surface area contributed by atoms with Crippen LogP contribution in [0, 0.1) is 0 Å². The van der Waals surface area contributed by atoms with E-state index < -0.39 is 30.6 Å². The largest absolute Gasteiger partial charge is 0.480 e. The number of aliphatic hydroxyl groups excluding tert-OH is 1. The highest BCUT2D eigenvalue weighted by Crippen LogP contribution is 2.44. The molecule has 0 aliphatic heterocycles.